The molecule has 12 aromatic rings. The third-order valence-electron chi connectivity index (χ3n) is 26.9. The summed E-state index contributed by atoms with van der Waals surface area (Å²) in [5, 5.41) is 13.6. The molecular weight excluding hydrogens is 1720 g/mol. The summed E-state index contributed by atoms with van der Waals surface area (Å²) < 4.78 is 91.2. The highest BCUT2D eigenvalue weighted by molar-refractivity contribution is 5.89. The first-order chi connectivity index (χ1) is 65.6. The minimum absolute atomic E-state index is 0.119. The Balaban J connectivity index is 0.000000138. The maximum atomic E-state index is 14.3. The number of aryl methyl sites for hydroxylation is 12. The van der Waals surface area contributed by atoms with Crippen molar-refractivity contribution in [3.05, 3.63) is 209 Å². The standard InChI is InChI=1S/C28H39FN6O.C27H36FN5O.C26H37FN6O.C25H34FN5O/c1-20-15-24-27(25(16-20)36-14-13-33-11-9-32(4)10-12-33)31-28(34-7-5-30-6-8-34)35(24)19-23-17-21(2)26(29)22(3)18-23;1-19-14-23-26(24(15-19)34-13-12-31-8-4-5-9-31)30-27(32-10-6-29-7-11-32)33(23)18-22-16-20(2)25(28)21(3)17-22;1-18-13-22-25(23(14-18)34-12-11-32-9-7-31(4)8-10-32)30-26(29-6-5-28)33(22)17-21-15-19(2)24(27)20(3)16-21;1-17-12-21-24(22(13-17)32-11-10-29(4)5)28-25(30-8-6-27-7-9-30)31(21)16-20-14-18(2)23(26)19(3)15-20/h15-18,30H,5-14,19H2,1-4H3;14-17,29H,4-13,18H2,1-3H3;13-16H,5-12,17,28H2,1-4H3,(H,29,30);12-15,27H,6-11,16H2,1-5H3. The molecule has 0 unspecified atom stereocenters. The van der Waals surface area contributed by atoms with Crippen LogP contribution in [-0.2, 0) is 26.2 Å². The zero-order valence-electron chi connectivity index (χ0n) is 83.4. The van der Waals surface area contributed by atoms with Gasteiger partial charge in [0, 0.05) is 170 Å². The number of likely N-dealkylation sites (tertiary alicyclic amines) is 1. The highest BCUT2D eigenvalue weighted by atomic mass is 19.1. The molecular formula is C106H146F4N22O4. The number of ether oxygens (including phenoxy) is 4. The Bertz CT molecular complexity index is 5970. The van der Waals surface area contributed by atoms with Gasteiger partial charge in [0.05, 0.1) is 48.2 Å². The lowest BCUT2D eigenvalue weighted by atomic mass is 10.1. The normalized spacial score (nSPS) is 16.2. The van der Waals surface area contributed by atoms with Crippen molar-refractivity contribution in [3.8, 4) is 23.0 Å². The Morgan fingerprint density at radius 3 is 0.890 bits per heavy atom. The van der Waals surface area contributed by atoms with E-state index in [9.17, 15) is 17.6 Å². The molecule has 8 aromatic carbocycles. The number of halogens is 4. The summed E-state index contributed by atoms with van der Waals surface area (Å²) in [5.74, 6) is 6.43. The number of benzene rings is 8. The second-order valence-electron chi connectivity index (χ2n) is 38.7. The molecule has 0 atom stereocenters. The lowest BCUT2D eigenvalue weighted by Gasteiger charge is -2.32. The van der Waals surface area contributed by atoms with Crippen molar-refractivity contribution in [2.45, 2.75) is 122 Å². The van der Waals surface area contributed by atoms with Crippen LogP contribution in [0, 0.1) is 106 Å². The third-order valence-corrected chi connectivity index (χ3v) is 26.9. The van der Waals surface area contributed by atoms with Crippen LogP contribution >= 0.6 is 0 Å². The number of piperazine rings is 5. The van der Waals surface area contributed by atoms with Gasteiger partial charge in [-0.15, -0.1) is 0 Å². The predicted molar refractivity (Wildman–Crippen MR) is 545 cm³/mol. The van der Waals surface area contributed by atoms with Gasteiger partial charge < -0.3 is 93.6 Å². The average molecular weight is 1870 g/mol. The Morgan fingerprint density at radius 2 is 0.603 bits per heavy atom. The summed E-state index contributed by atoms with van der Waals surface area (Å²) in [6, 6.07) is 32.6. The van der Waals surface area contributed by atoms with Gasteiger partial charge in [-0.1, -0.05) is 48.5 Å². The number of hydrogen-bond acceptors (Lipinski definition) is 22. The fourth-order valence-electron chi connectivity index (χ4n) is 19.6. The number of hydrogen-bond donors (Lipinski definition) is 5. The van der Waals surface area contributed by atoms with Crippen LogP contribution in [0.5, 0.6) is 23.0 Å². The van der Waals surface area contributed by atoms with E-state index in [0.29, 0.717) is 110 Å². The van der Waals surface area contributed by atoms with Crippen LogP contribution in [0.3, 0.4) is 0 Å². The van der Waals surface area contributed by atoms with Crippen molar-refractivity contribution in [1.29, 1.82) is 0 Å². The minimum atomic E-state index is -0.146. The Hall–Kier alpha value is -10.6. The molecule has 26 nitrogen and oxygen atoms in total. The highest BCUT2D eigenvalue weighted by Crippen LogP contribution is 2.39. The summed E-state index contributed by atoms with van der Waals surface area (Å²) in [5.41, 5.74) is 27.7. The number of anilines is 4. The summed E-state index contributed by atoms with van der Waals surface area (Å²) in [6.45, 7) is 54.9. The Morgan fingerprint density at radius 1 is 0.338 bits per heavy atom. The van der Waals surface area contributed by atoms with Crippen LogP contribution in [-0.4, -0.2) is 305 Å². The summed E-state index contributed by atoms with van der Waals surface area (Å²) in [6.07, 6.45) is 2.57. The van der Waals surface area contributed by atoms with Gasteiger partial charge in [0.15, 0.2) is 0 Å². The molecule has 10 heterocycles. The molecule has 30 heteroatoms. The van der Waals surface area contributed by atoms with E-state index >= 15 is 0 Å². The zero-order valence-corrected chi connectivity index (χ0v) is 83.4. The SMILES string of the molecule is Cc1cc(OCCN(C)C)c2nc(N3CCNCC3)n(Cc3cc(C)c(F)c(C)c3)c2c1.Cc1cc(OCCN2CCCC2)c2nc(N3CCNCC3)n(Cc3cc(C)c(F)c(C)c3)c2c1.Cc1cc(OCCN2CCN(C)CC2)c2nc(N3CCNCC3)n(Cc3cc(C)c(F)c(C)c3)c2c1.Cc1cc(OCCN2CCN(C)CC2)c2nc(NCCN)n(Cc3cc(C)c(F)c(C)c3)c2c1. The highest BCUT2D eigenvalue weighted by Gasteiger charge is 2.29. The lowest BCUT2D eigenvalue weighted by molar-refractivity contribution is 0.134. The number of aromatic nitrogens is 8. The fourth-order valence-corrected chi connectivity index (χ4v) is 19.6. The van der Waals surface area contributed by atoms with Crippen LogP contribution in [0.1, 0.15) is 102 Å². The fraction of sp³-hybridized carbons (Fsp3) is 0.509. The molecule has 18 rings (SSSR count). The first-order valence-electron chi connectivity index (χ1n) is 49.1. The molecule has 0 amide bonds. The van der Waals surface area contributed by atoms with E-state index in [1.165, 1.54) is 25.9 Å². The molecule has 0 aliphatic carbocycles. The topological polar surface area (TPSA) is 212 Å². The number of rotatable bonds is 30. The van der Waals surface area contributed by atoms with Crippen molar-refractivity contribution in [2.24, 2.45) is 5.73 Å². The van der Waals surface area contributed by atoms with Gasteiger partial charge >= 0.3 is 0 Å². The van der Waals surface area contributed by atoms with E-state index in [4.69, 9.17) is 44.6 Å². The van der Waals surface area contributed by atoms with Gasteiger partial charge in [-0.25, -0.2) is 37.5 Å². The minimum Gasteiger partial charge on any atom is -0.490 e. The number of nitrogens with two attached hydrogens (primary N) is 1. The van der Waals surface area contributed by atoms with E-state index in [0.717, 1.165) is 293 Å². The second-order valence-corrected chi connectivity index (χ2v) is 38.7. The lowest BCUT2D eigenvalue weighted by Crippen LogP contribution is -2.45. The molecule has 6 N–H and O–H groups in total. The van der Waals surface area contributed by atoms with Crippen molar-refractivity contribution in [3.63, 3.8) is 0 Å². The first-order valence-corrected chi connectivity index (χ1v) is 49.1. The van der Waals surface area contributed by atoms with Gasteiger partial charge in [0.25, 0.3) is 0 Å². The molecule has 6 aliphatic heterocycles. The van der Waals surface area contributed by atoms with Crippen molar-refractivity contribution < 1.29 is 36.5 Å². The van der Waals surface area contributed by atoms with Crippen LogP contribution in [0.4, 0.5) is 41.4 Å². The van der Waals surface area contributed by atoms with E-state index in [1.807, 2.05) is 118 Å². The average Bonchev–Trinajstić information content (AvgIpc) is 1.63. The predicted octanol–water partition coefficient (Wildman–Crippen LogP) is 13.9. The smallest absolute Gasteiger partial charge is 0.207 e. The van der Waals surface area contributed by atoms with Crippen molar-refractivity contribution in [2.75, 3.05) is 258 Å². The Kier molecular flexibility index (Phi) is 33.9. The molecule has 732 valence electrons. The molecule has 0 spiro atoms. The van der Waals surface area contributed by atoms with E-state index in [2.05, 4.69) is 174 Å². The first kappa shape index (κ1) is 99.8. The molecule has 0 radical (unpaired) electrons. The van der Waals surface area contributed by atoms with Gasteiger partial charge in [-0.2, -0.15) is 0 Å². The van der Waals surface area contributed by atoms with Crippen molar-refractivity contribution >= 4 is 67.9 Å². The Labute approximate surface area is 801 Å². The molecule has 136 heavy (non-hydrogen) atoms. The second kappa shape index (κ2) is 46.2. The third kappa shape index (κ3) is 24.9. The number of imidazole rings is 4. The van der Waals surface area contributed by atoms with Gasteiger partial charge in [-0.05, 0) is 275 Å². The summed E-state index contributed by atoms with van der Waals surface area (Å²) in [7, 11) is 8.43. The number of fused-ring (bicyclic) bond motifs is 4. The van der Waals surface area contributed by atoms with Crippen molar-refractivity contribution in [1.82, 2.24) is 83.6 Å². The molecule has 0 bridgehead atoms. The van der Waals surface area contributed by atoms with E-state index in [-0.39, 0.29) is 23.3 Å². The van der Waals surface area contributed by atoms with Crippen LogP contribution < -0.4 is 60.6 Å². The maximum absolute atomic E-state index is 14.3. The molecule has 6 saturated heterocycles. The summed E-state index contributed by atoms with van der Waals surface area (Å²) >= 11 is 0. The number of nitrogens with one attached hydrogen (secondary N) is 4. The molecule has 6 aliphatic rings. The van der Waals surface area contributed by atoms with Crippen LogP contribution in [0.2, 0.25) is 0 Å². The van der Waals surface area contributed by atoms with Crippen LogP contribution in [0.25, 0.3) is 44.1 Å². The molecule has 0 saturated carbocycles. The largest absolute Gasteiger partial charge is 0.490 e. The monoisotopic (exact) mass is 1870 g/mol. The zero-order chi connectivity index (χ0) is 96.0. The molecule has 6 fully saturated rings. The number of likely N-dealkylation sites (N-methyl/N-ethyl adjacent to an activating group) is 3. The number of nitrogens with zero attached hydrogens (tertiary/aromatic N) is 17. The summed E-state index contributed by atoms with van der Waals surface area (Å²) in [4.78, 5) is 41.5. The molecule has 4 aromatic heterocycles. The maximum Gasteiger partial charge on any atom is 0.207 e. The van der Waals surface area contributed by atoms with Gasteiger partial charge in [0.1, 0.15) is 94.8 Å². The van der Waals surface area contributed by atoms with Gasteiger partial charge in [-0.3, -0.25) is 14.7 Å². The van der Waals surface area contributed by atoms with E-state index < -0.39 is 0 Å². The van der Waals surface area contributed by atoms with E-state index in [1.54, 1.807) is 0 Å². The van der Waals surface area contributed by atoms with Gasteiger partial charge in [0.2, 0.25) is 23.8 Å². The quantitative estimate of drug-likeness (QED) is 0.0265. The van der Waals surface area contributed by atoms with Crippen LogP contribution in [0.15, 0.2) is 97.1 Å².